The normalized spacial score (nSPS) is 13.7. The zero-order valence-electron chi connectivity index (χ0n) is 37.2. The van der Waals surface area contributed by atoms with Crippen LogP contribution in [0.15, 0.2) is 200 Å². The maximum absolute atomic E-state index is 2.67. The van der Waals surface area contributed by atoms with Crippen LogP contribution in [-0.2, 0) is 0 Å². The van der Waals surface area contributed by atoms with E-state index in [4.69, 9.17) is 0 Å². The van der Waals surface area contributed by atoms with Crippen molar-refractivity contribution in [3.63, 3.8) is 0 Å². The smallest absolute Gasteiger partial charge is 0.252 e. The first-order valence-electron chi connectivity index (χ1n) is 23.3. The minimum absolute atomic E-state index is 0.00578. The van der Waals surface area contributed by atoms with Gasteiger partial charge in [-0.25, -0.2) is 0 Å². The number of hydrogen-bond acceptors (Lipinski definition) is 3. The number of para-hydroxylation sites is 4. The fraction of sp³-hybridized carbons (Fsp3) is 0.100. The van der Waals surface area contributed by atoms with Gasteiger partial charge in [-0.15, -0.1) is 0 Å². The van der Waals surface area contributed by atoms with Gasteiger partial charge in [0.1, 0.15) is 0 Å². The van der Waals surface area contributed by atoms with Crippen LogP contribution >= 0.6 is 0 Å². The van der Waals surface area contributed by atoms with Crippen LogP contribution in [-0.4, -0.2) is 13.4 Å². The summed E-state index contributed by atoms with van der Waals surface area (Å²) in [6.07, 6.45) is 0. The number of benzene rings is 9. The maximum Gasteiger partial charge on any atom is 0.252 e. The first-order chi connectivity index (χ1) is 32.0. The summed E-state index contributed by atoms with van der Waals surface area (Å²) in [4.78, 5) is 7.88. The first-order valence-corrected chi connectivity index (χ1v) is 23.3. The van der Waals surface area contributed by atoms with Crippen LogP contribution in [0.25, 0.3) is 22.3 Å². The Labute approximate surface area is 383 Å². The van der Waals surface area contributed by atoms with Crippen molar-refractivity contribution < 1.29 is 0 Å². The van der Waals surface area contributed by atoms with Crippen LogP contribution in [0.4, 0.5) is 51.2 Å². The molecule has 0 saturated carbocycles. The standard InChI is InChI=1S/C60H47B2N3/c1-38(2)42-31-33-53-49(35-42)61-47-27-14-16-29-51(47)63(44-23-12-7-13-24-44)55-37-56-58-60(57(55)61)64(53)54-34-32-43(39(3)4)36-50(54)62(58)48-28-15-17-30-52(48)65(56)59-45(40-19-8-5-9-20-40)25-18-26-46(59)41-21-10-6-11-22-41/h5-39H,1-4H3. The van der Waals surface area contributed by atoms with E-state index >= 15 is 0 Å². The third kappa shape index (κ3) is 5.51. The van der Waals surface area contributed by atoms with Crippen molar-refractivity contribution in [2.45, 2.75) is 39.5 Å². The predicted octanol–water partition coefficient (Wildman–Crippen LogP) is 12.0. The molecule has 0 N–H and O–H groups in total. The van der Waals surface area contributed by atoms with Gasteiger partial charge < -0.3 is 14.7 Å². The molecule has 0 saturated heterocycles. The highest BCUT2D eigenvalue weighted by molar-refractivity contribution is 7.04. The zero-order chi connectivity index (χ0) is 43.5. The molecule has 0 aliphatic carbocycles. The van der Waals surface area contributed by atoms with Gasteiger partial charge in [-0.05, 0) is 109 Å². The largest absolute Gasteiger partial charge is 0.312 e. The SMILES string of the molecule is CC(C)c1ccc2c(c1)B1c3ccccc3N(c3ccccc3)c3cc4c5c(c31)N2c1ccc(C(C)C)cc1B5c1ccccc1N4c1c(-c2ccccc2)cccc1-c1ccccc1. The fourth-order valence-electron chi connectivity index (χ4n) is 11.6. The molecule has 5 heteroatoms. The van der Waals surface area contributed by atoms with E-state index < -0.39 is 0 Å². The molecule has 4 heterocycles. The summed E-state index contributed by atoms with van der Waals surface area (Å²) >= 11 is 0. The van der Waals surface area contributed by atoms with Crippen molar-refractivity contribution in [1.29, 1.82) is 0 Å². The Kier molecular flexibility index (Phi) is 8.49. The summed E-state index contributed by atoms with van der Waals surface area (Å²) in [5.74, 6) is 0.776. The minimum Gasteiger partial charge on any atom is -0.312 e. The van der Waals surface area contributed by atoms with Gasteiger partial charge in [0, 0.05) is 56.6 Å². The number of anilines is 9. The van der Waals surface area contributed by atoms with E-state index in [0.29, 0.717) is 11.8 Å². The lowest BCUT2D eigenvalue weighted by atomic mass is 9.28. The molecular formula is C60H47B2N3. The molecular weight excluding hydrogens is 784 g/mol. The van der Waals surface area contributed by atoms with Crippen molar-refractivity contribution in [3.05, 3.63) is 211 Å². The molecule has 0 aromatic heterocycles. The summed E-state index contributed by atoms with van der Waals surface area (Å²) in [6, 6.07) is 75.6. The van der Waals surface area contributed by atoms with Gasteiger partial charge in [-0.2, -0.15) is 0 Å². The molecule has 0 bridgehead atoms. The second-order valence-corrected chi connectivity index (χ2v) is 18.8. The number of nitrogens with zero attached hydrogens (tertiary/aromatic N) is 3. The van der Waals surface area contributed by atoms with Gasteiger partial charge in [-0.1, -0.05) is 185 Å². The molecule has 0 radical (unpaired) electrons. The van der Waals surface area contributed by atoms with Crippen LogP contribution in [0.1, 0.15) is 50.7 Å². The number of hydrogen-bond donors (Lipinski definition) is 0. The summed E-state index contributed by atoms with van der Waals surface area (Å²) in [6.45, 7) is 9.34. The van der Waals surface area contributed by atoms with Crippen molar-refractivity contribution in [2.75, 3.05) is 14.7 Å². The molecule has 9 aromatic rings. The lowest BCUT2D eigenvalue weighted by Gasteiger charge is -2.51. The number of fused-ring (bicyclic) bond motifs is 10. The molecule has 308 valence electrons. The maximum atomic E-state index is 2.67. The quantitative estimate of drug-likeness (QED) is 0.155. The molecule has 0 unspecified atom stereocenters. The van der Waals surface area contributed by atoms with Crippen LogP contribution in [0.2, 0.25) is 0 Å². The van der Waals surface area contributed by atoms with E-state index in [-0.39, 0.29) is 13.4 Å². The summed E-state index contributed by atoms with van der Waals surface area (Å²) in [5.41, 5.74) is 26.7. The highest BCUT2D eigenvalue weighted by Crippen LogP contribution is 2.53. The van der Waals surface area contributed by atoms with Gasteiger partial charge in [-0.3, -0.25) is 0 Å². The molecule has 0 fully saturated rings. The Morgan fingerprint density at radius 3 is 1.25 bits per heavy atom. The topological polar surface area (TPSA) is 9.72 Å². The van der Waals surface area contributed by atoms with Crippen LogP contribution in [0, 0.1) is 0 Å². The Bertz CT molecular complexity index is 3290. The van der Waals surface area contributed by atoms with Gasteiger partial charge in [0.05, 0.1) is 5.69 Å². The van der Waals surface area contributed by atoms with E-state index in [1.54, 1.807) is 0 Å². The second kappa shape index (κ2) is 14.5. The summed E-state index contributed by atoms with van der Waals surface area (Å²) in [5, 5.41) is 0. The zero-order valence-corrected chi connectivity index (χ0v) is 37.2. The third-order valence-corrected chi connectivity index (χ3v) is 14.6. The van der Waals surface area contributed by atoms with E-state index in [1.807, 2.05) is 0 Å². The molecule has 65 heavy (non-hydrogen) atoms. The molecule has 3 nitrogen and oxygen atoms in total. The third-order valence-electron chi connectivity index (χ3n) is 14.6. The van der Waals surface area contributed by atoms with E-state index in [2.05, 4.69) is 243 Å². The Morgan fingerprint density at radius 2 is 0.738 bits per heavy atom. The molecule has 13 rings (SSSR count). The Hall–Kier alpha value is -7.49. The first kappa shape index (κ1) is 38.0. The predicted molar refractivity (Wildman–Crippen MR) is 279 cm³/mol. The van der Waals surface area contributed by atoms with Gasteiger partial charge in [0.15, 0.2) is 0 Å². The molecule has 0 spiro atoms. The van der Waals surface area contributed by atoms with Crippen molar-refractivity contribution in [1.82, 2.24) is 0 Å². The van der Waals surface area contributed by atoms with Crippen LogP contribution < -0.4 is 47.5 Å². The molecule has 0 amide bonds. The highest BCUT2D eigenvalue weighted by Gasteiger charge is 2.52. The lowest BCUT2D eigenvalue weighted by molar-refractivity contribution is 0.867. The van der Waals surface area contributed by atoms with Crippen molar-refractivity contribution >= 4 is 97.4 Å². The number of rotatable bonds is 6. The lowest BCUT2D eigenvalue weighted by Crippen LogP contribution is -2.68. The Balaban J connectivity index is 1.23. The summed E-state index contributed by atoms with van der Waals surface area (Å²) in [7, 11) is 0. The summed E-state index contributed by atoms with van der Waals surface area (Å²) < 4.78 is 0. The van der Waals surface area contributed by atoms with Gasteiger partial charge in [0.2, 0.25) is 0 Å². The van der Waals surface area contributed by atoms with Crippen molar-refractivity contribution in [2.24, 2.45) is 0 Å². The molecule has 0 atom stereocenters. The molecule has 9 aromatic carbocycles. The Morgan fingerprint density at radius 1 is 0.323 bits per heavy atom. The monoisotopic (exact) mass is 831 g/mol. The second-order valence-electron chi connectivity index (χ2n) is 18.8. The minimum atomic E-state index is 0.00578. The van der Waals surface area contributed by atoms with Gasteiger partial charge in [0.25, 0.3) is 13.4 Å². The molecule has 4 aliphatic heterocycles. The van der Waals surface area contributed by atoms with E-state index in [1.165, 1.54) is 112 Å². The van der Waals surface area contributed by atoms with Gasteiger partial charge >= 0.3 is 0 Å². The van der Waals surface area contributed by atoms with E-state index in [9.17, 15) is 0 Å². The average molecular weight is 832 g/mol. The fourth-order valence-corrected chi connectivity index (χ4v) is 11.6. The van der Waals surface area contributed by atoms with Crippen LogP contribution in [0.3, 0.4) is 0 Å². The van der Waals surface area contributed by atoms with Crippen LogP contribution in [0.5, 0.6) is 0 Å². The van der Waals surface area contributed by atoms with Crippen molar-refractivity contribution in [3.8, 4) is 22.3 Å². The average Bonchev–Trinajstić information content (AvgIpc) is 3.36. The highest BCUT2D eigenvalue weighted by atomic mass is 15.2. The van der Waals surface area contributed by atoms with E-state index in [0.717, 1.165) is 5.69 Å². The molecule has 4 aliphatic rings.